The highest BCUT2D eigenvalue weighted by Gasteiger charge is 1.97. The summed E-state index contributed by atoms with van der Waals surface area (Å²) in [6.07, 6.45) is 1.27. The monoisotopic (exact) mass is 186 g/mol. The second-order valence-electron chi connectivity index (χ2n) is 3.98. The second kappa shape index (κ2) is 8.52. The Morgan fingerprint density at radius 3 is 2.23 bits per heavy atom. The molecular formula is C11H26N2. The summed E-state index contributed by atoms with van der Waals surface area (Å²) in [6.45, 7) is 14.9. The summed E-state index contributed by atoms with van der Waals surface area (Å²) in [7, 11) is 0. The van der Waals surface area contributed by atoms with Gasteiger partial charge in [-0.1, -0.05) is 27.7 Å². The molecule has 13 heavy (non-hydrogen) atoms. The van der Waals surface area contributed by atoms with E-state index in [0.717, 1.165) is 19.0 Å². The van der Waals surface area contributed by atoms with Crippen molar-refractivity contribution in [2.75, 3.05) is 32.7 Å². The fourth-order valence-electron chi connectivity index (χ4n) is 1.36. The summed E-state index contributed by atoms with van der Waals surface area (Å²) >= 11 is 0. The summed E-state index contributed by atoms with van der Waals surface area (Å²) in [5.74, 6) is 0.772. The van der Waals surface area contributed by atoms with E-state index in [1.807, 2.05) is 0 Å². The minimum Gasteiger partial charge on any atom is -0.316 e. The lowest BCUT2D eigenvalue weighted by Gasteiger charge is -2.17. The number of nitrogens with one attached hydrogen (secondary N) is 1. The van der Waals surface area contributed by atoms with Crippen LogP contribution in [0.4, 0.5) is 0 Å². The summed E-state index contributed by atoms with van der Waals surface area (Å²) in [4.78, 5) is 2.47. The third-order valence-corrected chi connectivity index (χ3v) is 2.27. The number of rotatable bonds is 8. The molecule has 0 aliphatic rings. The van der Waals surface area contributed by atoms with Crippen LogP contribution in [0.5, 0.6) is 0 Å². The molecule has 1 N–H and O–H groups in total. The van der Waals surface area contributed by atoms with E-state index in [4.69, 9.17) is 0 Å². The maximum absolute atomic E-state index is 3.46. The molecule has 0 atom stereocenters. The van der Waals surface area contributed by atoms with Gasteiger partial charge >= 0.3 is 0 Å². The van der Waals surface area contributed by atoms with Gasteiger partial charge in [0.1, 0.15) is 0 Å². The van der Waals surface area contributed by atoms with Crippen molar-refractivity contribution in [1.29, 1.82) is 0 Å². The van der Waals surface area contributed by atoms with Crippen LogP contribution in [0, 0.1) is 5.92 Å². The lowest BCUT2D eigenvalue weighted by Crippen LogP contribution is -2.28. The molecule has 0 heterocycles. The van der Waals surface area contributed by atoms with Crippen molar-refractivity contribution >= 4 is 0 Å². The largest absolute Gasteiger partial charge is 0.316 e. The Morgan fingerprint density at radius 2 is 1.77 bits per heavy atom. The third kappa shape index (κ3) is 8.26. The van der Waals surface area contributed by atoms with Crippen LogP contribution in [0.3, 0.4) is 0 Å². The average Bonchev–Trinajstić information content (AvgIpc) is 2.11. The molecule has 0 aromatic carbocycles. The van der Waals surface area contributed by atoms with Crippen LogP contribution in [0.1, 0.15) is 34.1 Å². The van der Waals surface area contributed by atoms with Gasteiger partial charge in [-0.15, -0.1) is 0 Å². The standard InChI is InChI=1S/C11H26N2/c1-5-13(6-2)9-7-8-12-10-11(3)4/h11-12H,5-10H2,1-4H3. The molecule has 0 unspecified atom stereocenters. The third-order valence-electron chi connectivity index (χ3n) is 2.27. The molecule has 0 saturated heterocycles. The minimum absolute atomic E-state index is 0.772. The summed E-state index contributed by atoms with van der Waals surface area (Å²) in [5, 5.41) is 3.46. The second-order valence-corrected chi connectivity index (χ2v) is 3.98. The van der Waals surface area contributed by atoms with E-state index in [2.05, 4.69) is 37.9 Å². The average molecular weight is 186 g/mol. The van der Waals surface area contributed by atoms with Crippen molar-refractivity contribution in [3.8, 4) is 0 Å². The highest BCUT2D eigenvalue weighted by Crippen LogP contribution is 1.90. The molecule has 0 spiro atoms. The normalized spacial score (nSPS) is 11.5. The molecule has 0 aliphatic carbocycles. The molecule has 2 heteroatoms. The van der Waals surface area contributed by atoms with Crippen molar-refractivity contribution < 1.29 is 0 Å². The van der Waals surface area contributed by atoms with E-state index in [1.54, 1.807) is 0 Å². The van der Waals surface area contributed by atoms with Crippen LogP contribution in [-0.4, -0.2) is 37.6 Å². The Hall–Kier alpha value is -0.0800. The van der Waals surface area contributed by atoms with E-state index in [9.17, 15) is 0 Å². The van der Waals surface area contributed by atoms with Crippen LogP contribution in [0.15, 0.2) is 0 Å². The van der Waals surface area contributed by atoms with Crippen molar-refractivity contribution in [1.82, 2.24) is 10.2 Å². The van der Waals surface area contributed by atoms with Crippen LogP contribution >= 0.6 is 0 Å². The van der Waals surface area contributed by atoms with Gasteiger partial charge in [0.05, 0.1) is 0 Å². The van der Waals surface area contributed by atoms with Gasteiger partial charge in [0.15, 0.2) is 0 Å². The first-order chi connectivity index (χ1) is 6.20. The lowest BCUT2D eigenvalue weighted by atomic mass is 10.2. The number of nitrogens with zero attached hydrogens (tertiary/aromatic N) is 1. The van der Waals surface area contributed by atoms with Gasteiger partial charge in [-0.2, -0.15) is 0 Å². The molecular weight excluding hydrogens is 160 g/mol. The van der Waals surface area contributed by atoms with Crippen LogP contribution in [-0.2, 0) is 0 Å². The summed E-state index contributed by atoms with van der Waals surface area (Å²) in [5.41, 5.74) is 0. The van der Waals surface area contributed by atoms with Gasteiger partial charge in [-0.3, -0.25) is 0 Å². The van der Waals surface area contributed by atoms with Crippen molar-refractivity contribution in [3.63, 3.8) is 0 Å². The van der Waals surface area contributed by atoms with Gasteiger partial charge in [-0.05, 0) is 45.1 Å². The van der Waals surface area contributed by atoms with Gasteiger partial charge < -0.3 is 10.2 Å². The Morgan fingerprint density at radius 1 is 1.15 bits per heavy atom. The van der Waals surface area contributed by atoms with E-state index in [1.165, 1.54) is 26.1 Å². The predicted octanol–water partition coefficient (Wildman–Crippen LogP) is 1.96. The molecule has 0 aromatic heterocycles. The lowest BCUT2D eigenvalue weighted by molar-refractivity contribution is 0.297. The minimum atomic E-state index is 0.772. The maximum Gasteiger partial charge on any atom is -0.000687 e. The first-order valence-corrected chi connectivity index (χ1v) is 5.63. The molecule has 0 fully saturated rings. The quantitative estimate of drug-likeness (QED) is 0.583. The zero-order valence-corrected chi connectivity index (χ0v) is 9.77. The van der Waals surface area contributed by atoms with Gasteiger partial charge in [-0.25, -0.2) is 0 Å². The molecule has 0 radical (unpaired) electrons. The van der Waals surface area contributed by atoms with E-state index < -0.39 is 0 Å². The fraction of sp³-hybridized carbons (Fsp3) is 1.00. The van der Waals surface area contributed by atoms with Crippen LogP contribution in [0.2, 0.25) is 0 Å². The molecule has 2 nitrogen and oxygen atoms in total. The van der Waals surface area contributed by atoms with E-state index >= 15 is 0 Å². The Balaban J connectivity index is 3.14. The predicted molar refractivity (Wildman–Crippen MR) is 60.1 cm³/mol. The van der Waals surface area contributed by atoms with Crippen molar-refractivity contribution in [2.24, 2.45) is 5.92 Å². The van der Waals surface area contributed by atoms with Crippen molar-refractivity contribution in [2.45, 2.75) is 34.1 Å². The summed E-state index contributed by atoms with van der Waals surface area (Å²) in [6, 6.07) is 0. The molecule has 0 aromatic rings. The topological polar surface area (TPSA) is 15.3 Å². The van der Waals surface area contributed by atoms with E-state index in [-0.39, 0.29) is 0 Å². The van der Waals surface area contributed by atoms with Crippen LogP contribution < -0.4 is 5.32 Å². The first-order valence-electron chi connectivity index (χ1n) is 5.63. The first kappa shape index (κ1) is 12.9. The Labute approximate surface area is 83.7 Å². The van der Waals surface area contributed by atoms with Gasteiger partial charge in [0.25, 0.3) is 0 Å². The Bertz CT molecular complexity index is 98.3. The van der Waals surface area contributed by atoms with Crippen molar-refractivity contribution in [3.05, 3.63) is 0 Å². The molecule has 0 saturated carbocycles. The van der Waals surface area contributed by atoms with Gasteiger partial charge in [0.2, 0.25) is 0 Å². The van der Waals surface area contributed by atoms with Gasteiger partial charge in [0, 0.05) is 0 Å². The molecule has 80 valence electrons. The number of hydrogen-bond acceptors (Lipinski definition) is 2. The maximum atomic E-state index is 3.46. The molecule has 0 aliphatic heterocycles. The molecule has 0 bridgehead atoms. The fourth-order valence-corrected chi connectivity index (χ4v) is 1.36. The SMILES string of the molecule is CCN(CC)CCCNCC(C)C. The Kier molecular flexibility index (Phi) is 8.46. The summed E-state index contributed by atoms with van der Waals surface area (Å²) < 4.78 is 0. The molecule has 0 amide bonds. The van der Waals surface area contributed by atoms with Crippen LogP contribution in [0.25, 0.3) is 0 Å². The smallest absolute Gasteiger partial charge is 0.000687 e. The number of hydrogen-bond donors (Lipinski definition) is 1. The highest BCUT2D eigenvalue weighted by molar-refractivity contribution is 4.56. The zero-order chi connectivity index (χ0) is 10.1. The molecule has 0 rings (SSSR count). The zero-order valence-electron chi connectivity index (χ0n) is 9.77. The van der Waals surface area contributed by atoms with E-state index in [0.29, 0.717) is 0 Å². The highest BCUT2D eigenvalue weighted by atomic mass is 15.1.